The number of rotatable bonds is 6. The van der Waals surface area contributed by atoms with Gasteiger partial charge < -0.3 is 5.32 Å². The van der Waals surface area contributed by atoms with E-state index in [0.29, 0.717) is 5.78 Å². The summed E-state index contributed by atoms with van der Waals surface area (Å²) >= 11 is 0. The Morgan fingerprint density at radius 2 is 1.93 bits per heavy atom. The molecule has 0 aromatic carbocycles. The van der Waals surface area contributed by atoms with Crippen LogP contribution in [0.5, 0.6) is 0 Å². The first-order valence-electron chi connectivity index (χ1n) is 5.64. The van der Waals surface area contributed by atoms with Crippen molar-refractivity contribution in [2.24, 2.45) is 5.92 Å². The highest BCUT2D eigenvalue weighted by Gasteiger charge is 2.11. The molecule has 0 aromatic heterocycles. The number of carbonyl (C=O) groups is 1. The van der Waals surface area contributed by atoms with Crippen LogP contribution in [-0.4, -0.2) is 17.9 Å². The maximum atomic E-state index is 11.5. The van der Waals surface area contributed by atoms with Gasteiger partial charge in [-0.2, -0.15) is 0 Å². The van der Waals surface area contributed by atoms with Crippen LogP contribution in [0.4, 0.5) is 0 Å². The second kappa shape index (κ2) is 6.18. The normalized spacial score (nSPS) is 14.1. The fraction of sp³-hybridized carbons (Fsp3) is 0.917. The van der Waals surface area contributed by atoms with Crippen molar-refractivity contribution in [1.29, 1.82) is 0 Å². The lowest BCUT2D eigenvalue weighted by Crippen LogP contribution is -2.36. The van der Waals surface area contributed by atoms with Crippen LogP contribution in [0.1, 0.15) is 53.9 Å². The molecule has 0 saturated carbocycles. The maximum absolute atomic E-state index is 11.5. The molecule has 0 bridgehead atoms. The zero-order valence-electron chi connectivity index (χ0n) is 10.3. The smallest absolute Gasteiger partial charge is 0.135 e. The molecule has 0 rings (SSSR count). The molecule has 1 atom stereocenters. The Labute approximate surface area is 88.5 Å². The molecule has 0 aromatic rings. The molecule has 0 aliphatic rings. The summed E-state index contributed by atoms with van der Waals surface area (Å²) in [6.45, 7) is 11.4. The Hall–Kier alpha value is -0.370. The molecule has 0 heterocycles. The molecule has 84 valence electrons. The fourth-order valence-electron chi connectivity index (χ4n) is 1.20. The Bertz CT molecular complexity index is 170. The quantitative estimate of drug-likeness (QED) is 0.666. The van der Waals surface area contributed by atoms with E-state index < -0.39 is 0 Å². The van der Waals surface area contributed by atoms with E-state index in [1.807, 2.05) is 6.92 Å². The van der Waals surface area contributed by atoms with Gasteiger partial charge in [0.2, 0.25) is 0 Å². The maximum Gasteiger partial charge on any atom is 0.135 e. The van der Waals surface area contributed by atoms with E-state index in [9.17, 15) is 4.79 Å². The molecule has 0 amide bonds. The van der Waals surface area contributed by atoms with Gasteiger partial charge in [-0.05, 0) is 40.2 Å². The summed E-state index contributed by atoms with van der Waals surface area (Å²) in [6.07, 6.45) is 2.64. The van der Waals surface area contributed by atoms with Crippen molar-refractivity contribution in [2.75, 3.05) is 6.54 Å². The standard InChI is InChI=1S/C12H25NO/c1-6-10(2)11(14)8-7-9-13-12(3,4)5/h10,13H,6-9H2,1-5H3. The Balaban J connectivity index is 3.51. The van der Waals surface area contributed by atoms with Gasteiger partial charge in [0.05, 0.1) is 0 Å². The van der Waals surface area contributed by atoms with Crippen molar-refractivity contribution in [3.8, 4) is 0 Å². The summed E-state index contributed by atoms with van der Waals surface area (Å²) in [6, 6.07) is 0. The molecule has 0 aliphatic heterocycles. The third kappa shape index (κ3) is 7.07. The van der Waals surface area contributed by atoms with Gasteiger partial charge in [-0.25, -0.2) is 0 Å². The van der Waals surface area contributed by atoms with E-state index in [1.54, 1.807) is 0 Å². The minimum atomic E-state index is 0.166. The Kier molecular flexibility index (Phi) is 6.01. The van der Waals surface area contributed by atoms with Crippen molar-refractivity contribution >= 4 is 5.78 Å². The van der Waals surface area contributed by atoms with Crippen LogP contribution in [0, 0.1) is 5.92 Å². The molecule has 0 saturated heterocycles. The monoisotopic (exact) mass is 199 g/mol. The van der Waals surface area contributed by atoms with E-state index in [1.165, 1.54) is 0 Å². The van der Waals surface area contributed by atoms with Crippen molar-refractivity contribution in [3.05, 3.63) is 0 Å². The average Bonchev–Trinajstić information content (AvgIpc) is 2.09. The molecule has 1 N–H and O–H groups in total. The molecule has 0 fully saturated rings. The summed E-state index contributed by atoms with van der Waals surface area (Å²) in [5.41, 5.74) is 0.166. The van der Waals surface area contributed by atoms with E-state index in [2.05, 4.69) is 33.0 Å². The van der Waals surface area contributed by atoms with Crippen LogP contribution in [0.3, 0.4) is 0 Å². The summed E-state index contributed by atoms with van der Waals surface area (Å²) in [5, 5.41) is 3.38. The van der Waals surface area contributed by atoms with Crippen molar-refractivity contribution in [1.82, 2.24) is 5.32 Å². The summed E-state index contributed by atoms with van der Waals surface area (Å²) in [4.78, 5) is 11.5. The van der Waals surface area contributed by atoms with Gasteiger partial charge in [-0.3, -0.25) is 4.79 Å². The highest BCUT2D eigenvalue weighted by Crippen LogP contribution is 2.07. The van der Waals surface area contributed by atoms with Crippen LogP contribution in [-0.2, 0) is 4.79 Å². The minimum absolute atomic E-state index is 0.166. The zero-order chi connectivity index (χ0) is 11.2. The molecular weight excluding hydrogens is 174 g/mol. The van der Waals surface area contributed by atoms with Crippen LogP contribution in [0.25, 0.3) is 0 Å². The molecular formula is C12H25NO. The third-order valence-electron chi connectivity index (χ3n) is 2.42. The van der Waals surface area contributed by atoms with Crippen molar-refractivity contribution in [2.45, 2.75) is 59.4 Å². The number of nitrogens with one attached hydrogen (secondary N) is 1. The second-order valence-electron chi connectivity index (χ2n) is 5.06. The van der Waals surface area contributed by atoms with Crippen LogP contribution in [0.2, 0.25) is 0 Å². The fourth-order valence-corrected chi connectivity index (χ4v) is 1.20. The Morgan fingerprint density at radius 3 is 2.36 bits per heavy atom. The van der Waals surface area contributed by atoms with Crippen LogP contribution >= 0.6 is 0 Å². The molecule has 0 spiro atoms. The highest BCUT2D eigenvalue weighted by molar-refractivity contribution is 5.80. The molecule has 2 heteroatoms. The summed E-state index contributed by atoms with van der Waals surface area (Å²) in [7, 11) is 0. The Morgan fingerprint density at radius 1 is 1.36 bits per heavy atom. The molecule has 0 radical (unpaired) electrons. The topological polar surface area (TPSA) is 29.1 Å². The first kappa shape index (κ1) is 13.6. The highest BCUT2D eigenvalue weighted by atomic mass is 16.1. The van der Waals surface area contributed by atoms with Crippen molar-refractivity contribution < 1.29 is 4.79 Å². The number of carbonyl (C=O) groups excluding carboxylic acids is 1. The van der Waals surface area contributed by atoms with Crippen molar-refractivity contribution in [3.63, 3.8) is 0 Å². The van der Waals surface area contributed by atoms with Crippen LogP contribution < -0.4 is 5.32 Å². The van der Waals surface area contributed by atoms with Gasteiger partial charge in [0.15, 0.2) is 0 Å². The second-order valence-corrected chi connectivity index (χ2v) is 5.06. The van der Waals surface area contributed by atoms with E-state index >= 15 is 0 Å². The number of ketones is 1. The van der Waals surface area contributed by atoms with Crippen LogP contribution in [0.15, 0.2) is 0 Å². The number of hydrogen-bond acceptors (Lipinski definition) is 2. The van der Waals surface area contributed by atoms with E-state index in [-0.39, 0.29) is 11.5 Å². The molecule has 0 aliphatic carbocycles. The van der Waals surface area contributed by atoms with Gasteiger partial charge in [-0.15, -0.1) is 0 Å². The minimum Gasteiger partial charge on any atom is -0.312 e. The van der Waals surface area contributed by atoms with E-state index in [4.69, 9.17) is 0 Å². The van der Waals surface area contributed by atoms with Gasteiger partial charge in [0.1, 0.15) is 5.78 Å². The third-order valence-corrected chi connectivity index (χ3v) is 2.42. The number of hydrogen-bond donors (Lipinski definition) is 1. The molecule has 2 nitrogen and oxygen atoms in total. The molecule has 1 unspecified atom stereocenters. The van der Waals surface area contributed by atoms with Gasteiger partial charge >= 0.3 is 0 Å². The predicted molar refractivity (Wildman–Crippen MR) is 61.5 cm³/mol. The lowest BCUT2D eigenvalue weighted by molar-refractivity contribution is -0.122. The van der Waals surface area contributed by atoms with Gasteiger partial charge in [-0.1, -0.05) is 13.8 Å². The largest absolute Gasteiger partial charge is 0.312 e. The van der Waals surface area contributed by atoms with Gasteiger partial charge in [0.25, 0.3) is 0 Å². The van der Waals surface area contributed by atoms with Gasteiger partial charge in [0, 0.05) is 17.9 Å². The molecule has 14 heavy (non-hydrogen) atoms. The predicted octanol–water partition coefficient (Wildman–Crippen LogP) is 2.77. The summed E-state index contributed by atoms with van der Waals surface area (Å²) < 4.78 is 0. The lowest BCUT2D eigenvalue weighted by atomic mass is 9.99. The van der Waals surface area contributed by atoms with E-state index in [0.717, 1.165) is 25.8 Å². The first-order chi connectivity index (χ1) is 6.37. The zero-order valence-corrected chi connectivity index (χ0v) is 10.3. The first-order valence-corrected chi connectivity index (χ1v) is 5.64. The summed E-state index contributed by atoms with van der Waals surface area (Å²) in [5.74, 6) is 0.646. The average molecular weight is 199 g/mol. The lowest BCUT2D eigenvalue weighted by Gasteiger charge is -2.20. The SMILES string of the molecule is CCC(C)C(=O)CCCNC(C)(C)C. The number of Topliss-reactive ketones (excluding diaryl/α,β-unsaturated/α-hetero) is 1.